The van der Waals surface area contributed by atoms with Crippen molar-refractivity contribution in [3.05, 3.63) is 42.1 Å². The standard InChI is InChI=1S/C16H20N4O2/c1-4-20(5-2)14-9-10-17-16(19-14)18-13-8-6-7-12(11-13)15(21)22-3/h6-11H,4-5H2,1-3H3,(H,17,18,19). The molecule has 22 heavy (non-hydrogen) atoms. The topological polar surface area (TPSA) is 67.4 Å². The lowest BCUT2D eigenvalue weighted by molar-refractivity contribution is 0.0601. The van der Waals surface area contributed by atoms with Crippen LogP contribution in [0.1, 0.15) is 24.2 Å². The Kier molecular flexibility index (Phi) is 5.30. The molecule has 0 aliphatic heterocycles. The highest BCUT2D eigenvalue weighted by molar-refractivity contribution is 5.90. The second-order valence-electron chi connectivity index (χ2n) is 4.61. The first-order chi connectivity index (χ1) is 10.7. The van der Waals surface area contributed by atoms with Crippen molar-refractivity contribution in [2.45, 2.75) is 13.8 Å². The van der Waals surface area contributed by atoms with Gasteiger partial charge < -0.3 is 15.0 Å². The highest BCUT2D eigenvalue weighted by Gasteiger charge is 2.08. The number of carbonyl (C=O) groups excluding carboxylic acids is 1. The Bertz CT molecular complexity index is 642. The van der Waals surface area contributed by atoms with Gasteiger partial charge in [-0.05, 0) is 38.1 Å². The van der Waals surface area contributed by atoms with E-state index < -0.39 is 0 Å². The number of anilines is 3. The largest absolute Gasteiger partial charge is 0.465 e. The molecule has 2 aromatic rings. The molecule has 1 heterocycles. The van der Waals surface area contributed by atoms with Crippen LogP contribution in [0.25, 0.3) is 0 Å². The van der Waals surface area contributed by atoms with Gasteiger partial charge in [-0.1, -0.05) is 6.07 Å². The average Bonchev–Trinajstić information content (AvgIpc) is 2.56. The van der Waals surface area contributed by atoms with Gasteiger partial charge in [-0.15, -0.1) is 0 Å². The summed E-state index contributed by atoms with van der Waals surface area (Å²) >= 11 is 0. The van der Waals surface area contributed by atoms with Crippen LogP contribution in [0, 0.1) is 0 Å². The van der Waals surface area contributed by atoms with E-state index in [0.29, 0.717) is 11.5 Å². The van der Waals surface area contributed by atoms with Crippen LogP contribution in [0.3, 0.4) is 0 Å². The van der Waals surface area contributed by atoms with Gasteiger partial charge in [0.1, 0.15) is 5.82 Å². The van der Waals surface area contributed by atoms with Crippen LogP contribution < -0.4 is 10.2 Å². The zero-order chi connectivity index (χ0) is 15.9. The monoisotopic (exact) mass is 300 g/mol. The average molecular weight is 300 g/mol. The zero-order valence-corrected chi connectivity index (χ0v) is 13.0. The van der Waals surface area contributed by atoms with Crippen molar-refractivity contribution < 1.29 is 9.53 Å². The number of hydrogen-bond donors (Lipinski definition) is 1. The number of methoxy groups -OCH3 is 1. The van der Waals surface area contributed by atoms with Gasteiger partial charge in [-0.3, -0.25) is 0 Å². The maximum absolute atomic E-state index is 11.6. The molecule has 116 valence electrons. The van der Waals surface area contributed by atoms with E-state index >= 15 is 0 Å². The Morgan fingerprint density at radius 2 is 2.05 bits per heavy atom. The van der Waals surface area contributed by atoms with Crippen LogP contribution in [0.15, 0.2) is 36.5 Å². The van der Waals surface area contributed by atoms with Crippen LogP contribution in [-0.2, 0) is 4.74 Å². The molecule has 6 heteroatoms. The number of hydrogen-bond acceptors (Lipinski definition) is 6. The van der Waals surface area contributed by atoms with E-state index in [-0.39, 0.29) is 5.97 Å². The van der Waals surface area contributed by atoms with Gasteiger partial charge in [0.2, 0.25) is 5.95 Å². The lowest BCUT2D eigenvalue weighted by Gasteiger charge is -2.19. The van der Waals surface area contributed by atoms with Gasteiger partial charge in [-0.2, -0.15) is 4.98 Å². The summed E-state index contributed by atoms with van der Waals surface area (Å²) in [4.78, 5) is 22.4. The number of nitrogens with one attached hydrogen (secondary N) is 1. The molecule has 0 aliphatic rings. The molecule has 0 saturated carbocycles. The molecular weight excluding hydrogens is 280 g/mol. The van der Waals surface area contributed by atoms with Crippen molar-refractivity contribution in [2.75, 3.05) is 30.4 Å². The molecule has 0 spiro atoms. The second-order valence-corrected chi connectivity index (χ2v) is 4.61. The van der Waals surface area contributed by atoms with Crippen molar-refractivity contribution in [1.82, 2.24) is 9.97 Å². The third-order valence-electron chi connectivity index (χ3n) is 3.27. The summed E-state index contributed by atoms with van der Waals surface area (Å²) in [6, 6.07) is 8.91. The maximum atomic E-state index is 11.6. The van der Waals surface area contributed by atoms with E-state index in [1.165, 1.54) is 7.11 Å². The van der Waals surface area contributed by atoms with E-state index in [1.54, 1.807) is 24.4 Å². The minimum absolute atomic E-state index is 0.374. The third kappa shape index (κ3) is 3.72. The number of carbonyl (C=O) groups is 1. The molecule has 6 nitrogen and oxygen atoms in total. The second kappa shape index (κ2) is 7.40. The van der Waals surface area contributed by atoms with Gasteiger partial charge in [0.05, 0.1) is 12.7 Å². The van der Waals surface area contributed by atoms with Crippen LogP contribution in [0.5, 0.6) is 0 Å². The predicted octanol–water partition coefficient (Wildman–Crippen LogP) is 2.85. The lowest BCUT2D eigenvalue weighted by atomic mass is 10.2. The molecule has 1 aromatic heterocycles. The Morgan fingerprint density at radius 1 is 1.27 bits per heavy atom. The maximum Gasteiger partial charge on any atom is 0.337 e. The van der Waals surface area contributed by atoms with Crippen LogP contribution in [-0.4, -0.2) is 36.1 Å². The molecule has 0 atom stereocenters. The predicted molar refractivity (Wildman–Crippen MR) is 86.7 cm³/mol. The van der Waals surface area contributed by atoms with E-state index in [9.17, 15) is 4.79 Å². The Hall–Kier alpha value is -2.63. The molecule has 0 radical (unpaired) electrons. The van der Waals surface area contributed by atoms with E-state index in [4.69, 9.17) is 4.74 Å². The van der Waals surface area contributed by atoms with E-state index in [0.717, 1.165) is 24.6 Å². The molecular formula is C16H20N4O2. The first-order valence-corrected chi connectivity index (χ1v) is 7.21. The Morgan fingerprint density at radius 3 is 2.73 bits per heavy atom. The normalized spacial score (nSPS) is 10.1. The SMILES string of the molecule is CCN(CC)c1ccnc(Nc2cccc(C(=O)OC)c2)n1. The highest BCUT2D eigenvalue weighted by atomic mass is 16.5. The van der Waals surface area contributed by atoms with E-state index in [2.05, 4.69) is 34.0 Å². The molecule has 0 fully saturated rings. The molecule has 0 aliphatic carbocycles. The van der Waals surface area contributed by atoms with Crippen molar-refractivity contribution in [1.29, 1.82) is 0 Å². The quantitative estimate of drug-likeness (QED) is 0.827. The molecule has 0 unspecified atom stereocenters. The number of rotatable bonds is 6. The van der Waals surface area contributed by atoms with Gasteiger partial charge in [0.25, 0.3) is 0 Å². The van der Waals surface area contributed by atoms with Gasteiger partial charge >= 0.3 is 5.97 Å². The van der Waals surface area contributed by atoms with Crippen molar-refractivity contribution in [2.24, 2.45) is 0 Å². The lowest BCUT2D eigenvalue weighted by Crippen LogP contribution is -2.23. The molecule has 2 rings (SSSR count). The summed E-state index contributed by atoms with van der Waals surface area (Å²) < 4.78 is 4.72. The third-order valence-corrected chi connectivity index (χ3v) is 3.27. The summed E-state index contributed by atoms with van der Waals surface area (Å²) in [5.41, 5.74) is 1.21. The number of nitrogens with zero attached hydrogens (tertiary/aromatic N) is 3. The fourth-order valence-corrected chi connectivity index (χ4v) is 2.10. The number of esters is 1. The van der Waals surface area contributed by atoms with Crippen LogP contribution in [0.4, 0.5) is 17.5 Å². The van der Waals surface area contributed by atoms with Gasteiger partial charge in [-0.25, -0.2) is 9.78 Å². The minimum atomic E-state index is -0.374. The fourth-order valence-electron chi connectivity index (χ4n) is 2.10. The highest BCUT2D eigenvalue weighted by Crippen LogP contribution is 2.17. The summed E-state index contributed by atoms with van der Waals surface area (Å²) in [5, 5.41) is 3.11. The number of benzene rings is 1. The molecule has 0 bridgehead atoms. The first kappa shape index (κ1) is 15.8. The summed E-state index contributed by atoms with van der Waals surface area (Å²) in [6.45, 7) is 5.92. The zero-order valence-electron chi connectivity index (χ0n) is 13.0. The summed E-state index contributed by atoms with van der Waals surface area (Å²) in [7, 11) is 1.36. The summed E-state index contributed by atoms with van der Waals surface area (Å²) in [6.07, 6.45) is 1.72. The molecule has 1 aromatic carbocycles. The van der Waals surface area contributed by atoms with E-state index in [1.807, 2.05) is 12.1 Å². The molecule has 1 N–H and O–H groups in total. The Labute approximate surface area is 130 Å². The van der Waals surface area contributed by atoms with Crippen molar-refractivity contribution >= 4 is 23.4 Å². The number of ether oxygens (including phenoxy) is 1. The van der Waals surface area contributed by atoms with Gasteiger partial charge in [0, 0.05) is 25.0 Å². The first-order valence-electron chi connectivity index (χ1n) is 7.21. The van der Waals surface area contributed by atoms with Crippen LogP contribution >= 0.6 is 0 Å². The fraction of sp³-hybridized carbons (Fsp3) is 0.312. The van der Waals surface area contributed by atoms with Crippen molar-refractivity contribution in [3.63, 3.8) is 0 Å². The molecule has 0 amide bonds. The van der Waals surface area contributed by atoms with Crippen LogP contribution in [0.2, 0.25) is 0 Å². The van der Waals surface area contributed by atoms with Gasteiger partial charge in [0.15, 0.2) is 0 Å². The Balaban J connectivity index is 2.20. The summed E-state index contributed by atoms with van der Waals surface area (Å²) in [5.74, 6) is 0.986. The molecule has 0 saturated heterocycles. The smallest absolute Gasteiger partial charge is 0.337 e. The number of aromatic nitrogens is 2. The van der Waals surface area contributed by atoms with Crippen molar-refractivity contribution in [3.8, 4) is 0 Å². The minimum Gasteiger partial charge on any atom is -0.465 e.